The van der Waals surface area contributed by atoms with Gasteiger partial charge in [0, 0.05) is 25.2 Å². The molecule has 4 N–H and O–H groups in total. The van der Waals surface area contributed by atoms with E-state index in [0.717, 1.165) is 43.9 Å². The molecule has 1 aliphatic heterocycles. The number of amides is 1. The molecule has 1 amide bonds. The van der Waals surface area contributed by atoms with Gasteiger partial charge < -0.3 is 20.8 Å². The number of carbonyl (C=O) groups excluding carboxylic acids is 1. The first-order valence-corrected chi connectivity index (χ1v) is 12.4. The quantitative estimate of drug-likeness (QED) is 0.308. The first-order valence-electron chi connectivity index (χ1n) is 12.4. The average molecular weight is 557 g/mol. The van der Waals surface area contributed by atoms with Crippen LogP contribution in [0.5, 0.6) is 0 Å². The summed E-state index contributed by atoms with van der Waals surface area (Å²) >= 11 is 0. The fourth-order valence-corrected chi connectivity index (χ4v) is 3.96. The van der Waals surface area contributed by atoms with Crippen molar-refractivity contribution in [1.29, 1.82) is 0 Å². The molecule has 1 aromatic heterocycles. The van der Waals surface area contributed by atoms with E-state index in [1.807, 2.05) is 17.9 Å². The zero-order valence-electron chi connectivity index (χ0n) is 21.4. The van der Waals surface area contributed by atoms with Gasteiger partial charge in [0.25, 0.3) is 0 Å². The Balaban J connectivity index is 0.000000673. The third kappa shape index (κ3) is 11.3. The fraction of sp³-hybridized carbons (Fsp3) is 0.462. The van der Waals surface area contributed by atoms with E-state index in [0.29, 0.717) is 18.5 Å². The number of aliphatic carboxylic acids is 2. The number of aryl methyl sites for hydroxylation is 1. The Hall–Kier alpha value is -3.74. The lowest BCUT2D eigenvalue weighted by Gasteiger charge is -2.24. The van der Waals surface area contributed by atoms with Crippen LogP contribution in [0.1, 0.15) is 49.0 Å². The Kier molecular flexibility index (Phi) is 12.1. The van der Waals surface area contributed by atoms with Crippen molar-refractivity contribution in [2.75, 3.05) is 31.5 Å². The topological polar surface area (TPSA) is 132 Å². The summed E-state index contributed by atoms with van der Waals surface area (Å²) in [6.45, 7) is 4.53. The Morgan fingerprint density at radius 2 is 1.87 bits per heavy atom. The Morgan fingerprint density at radius 3 is 2.49 bits per heavy atom. The van der Waals surface area contributed by atoms with Crippen molar-refractivity contribution in [2.24, 2.45) is 0 Å². The number of carboxylic acid groups (broad SMARTS) is 2. The molecule has 0 saturated heterocycles. The summed E-state index contributed by atoms with van der Waals surface area (Å²) < 4.78 is 45.3. The summed E-state index contributed by atoms with van der Waals surface area (Å²) in [6.07, 6.45) is -1.64. The third-order valence-electron chi connectivity index (χ3n) is 5.75. The first-order chi connectivity index (χ1) is 18.4. The molecule has 0 bridgehead atoms. The van der Waals surface area contributed by atoms with Gasteiger partial charge in [0.15, 0.2) is 0 Å². The first kappa shape index (κ1) is 31.5. The number of benzene rings is 1. The molecule has 0 fully saturated rings. The molecule has 1 aromatic carbocycles. The molecular formula is C26H32F4N4O5. The molecule has 0 aliphatic carbocycles. The van der Waals surface area contributed by atoms with E-state index >= 15 is 0 Å². The Labute approximate surface area is 223 Å². The van der Waals surface area contributed by atoms with Crippen molar-refractivity contribution in [1.82, 2.24) is 15.2 Å². The van der Waals surface area contributed by atoms with Gasteiger partial charge in [0.1, 0.15) is 11.6 Å². The van der Waals surface area contributed by atoms with E-state index in [4.69, 9.17) is 14.9 Å². The van der Waals surface area contributed by atoms with Crippen LogP contribution in [0.3, 0.4) is 0 Å². The molecule has 2 heterocycles. The number of hydrogen-bond donors (Lipinski definition) is 4. The van der Waals surface area contributed by atoms with E-state index in [-0.39, 0.29) is 18.9 Å². The standard InChI is InChI=1S/C24H31FN4O3.C2HF3O2/c1-2-12-29(13-10-20-9-8-17-6-4-11-26-24(17)27-20)16-22(30)28-21(15-23(31)32)18-5-3-7-19(25)14-18;3-2(4,5)1(6)7/h3,5,7-9,14,21H,2,4,6,10-13,15-16H2,1H3,(H,26,27)(H,28,30)(H,31,32);(H,6,7). The number of halogens is 4. The highest BCUT2D eigenvalue weighted by Crippen LogP contribution is 2.20. The maximum atomic E-state index is 13.6. The van der Waals surface area contributed by atoms with Crippen molar-refractivity contribution >= 4 is 23.7 Å². The number of carbonyl (C=O) groups is 3. The van der Waals surface area contributed by atoms with Crippen LogP contribution in [-0.4, -0.2) is 70.3 Å². The molecule has 0 radical (unpaired) electrons. The van der Waals surface area contributed by atoms with Gasteiger partial charge in [-0.05, 0) is 55.1 Å². The Morgan fingerprint density at radius 1 is 1.15 bits per heavy atom. The number of rotatable bonds is 11. The highest BCUT2D eigenvalue weighted by molar-refractivity contribution is 5.79. The molecule has 39 heavy (non-hydrogen) atoms. The summed E-state index contributed by atoms with van der Waals surface area (Å²) in [7, 11) is 0. The van der Waals surface area contributed by atoms with Gasteiger partial charge in [-0.15, -0.1) is 0 Å². The minimum Gasteiger partial charge on any atom is -0.481 e. The van der Waals surface area contributed by atoms with Gasteiger partial charge in [0.05, 0.1) is 19.0 Å². The van der Waals surface area contributed by atoms with Crippen molar-refractivity contribution in [3.63, 3.8) is 0 Å². The number of alkyl halides is 3. The molecule has 2 aromatic rings. The zero-order valence-corrected chi connectivity index (χ0v) is 21.4. The van der Waals surface area contributed by atoms with Crippen molar-refractivity contribution in [3.8, 4) is 0 Å². The largest absolute Gasteiger partial charge is 0.490 e. The summed E-state index contributed by atoms with van der Waals surface area (Å²) in [5.74, 6) is -3.61. The second-order valence-corrected chi connectivity index (χ2v) is 8.94. The number of anilines is 1. The van der Waals surface area contributed by atoms with Gasteiger partial charge in [0.2, 0.25) is 5.91 Å². The average Bonchev–Trinajstić information content (AvgIpc) is 2.86. The molecular weight excluding hydrogens is 524 g/mol. The molecule has 1 unspecified atom stereocenters. The summed E-state index contributed by atoms with van der Waals surface area (Å²) in [6, 6.07) is 9.06. The van der Waals surface area contributed by atoms with Gasteiger partial charge in [-0.3, -0.25) is 14.5 Å². The van der Waals surface area contributed by atoms with Crippen LogP contribution < -0.4 is 10.6 Å². The molecule has 1 atom stereocenters. The van der Waals surface area contributed by atoms with Gasteiger partial charge in [-0.2, -0.15) is 13.2 Å². The number of nitrogens with zero attached hydrogens (tertiary/aromatic N) is 2. The Bertz CT molecular complexity index is 1130. The number of nitrogens with one attached hydrogen (secondary N) is 2. The number of pyridine rings is 1. The minimum atomic E-state index is -5.08. The summed E-state index contributed by atoms with van der Waals surface area (Å²) in [4.78, 5) is 39.6. The van der Waals surface area contributed by atoms with E-state index < -0.39 is 30.0 Å². The predicted octanol–water partition coefficient (Wildman–Crippen LogP) is 3.80. The number of carboxylic acids is 2. The number of fused-ring (bicyclic) bond motifs is 1. The van der Waals surface area contributed by atoms with Crippen molar-refractivity contribution in [3.05, 3.63) is 59.0 Å². The molecule has 13 heteroatoms. The second kappa shape index (κ2) is 15.0. The normalized spacial score (nSPS) is 13.4. The number of hydrogen-bond acceptors (Lipinski definition) is 6. The minimum absolute atomic E-state index is 0.141. The van der Waals surface area contributed by atoms with E-state index in [1.54, 1.807) is 6.07 Å². The van der Waals surface area contributed by atoms with Crippen LogP contribution in [0, 0.1) is 5.82 Å². The van der Waals surface area contributed by atoms with Crippen LogP contribution in [0.25, 0.3) is 0 Å². The number of aromatic nitrogens is 1. The maximum absolute atomic E-state index is 13.6. The van der Waals surface area contributed by atoms with Crippen LogP contribution in [0.2, 0.25) is 0 Å². The highest BCUT2D eigenvalue weighted by atomic mass is 19.4. The maximum Gasteiger partial charge on any atom is 0.490 e. The fourth-order valence-electron chi connectivity index (χ4n) is 3.96. The van der Waals surface area contributed by atoms with Crippen LogP contribution in [0.4, 0.5) is 23.4 Å². The molecule has 0 saturated carbocycles. The molecule has 214 valence electrons. The van der Waals surface area contributed by atoms with E-state index in [9.17, 15) is 32.3 Å². The van der Waals surface area contributed by atoms with Crippen molar-refractivity contribution in [2.45, 2.75) is 51.2 Å². The molecule has 3 rings (SSSR count). The van der Waals surface area contributed by atoms with Crippen LogP contribution in [-0.2, 0) is 27.2 Å². The molecule has 1 aliphatic rings. The highest BCUT2D eigenvalue weighted by Gasteiger charge is 2.38. The second-order valence-electron chi connectivity index (χ2n) is 8.94. The monoisotopic (exact) mass is 556 g/mol. The smallest absolute Gasteiger partial charge is 0.481 e. The lowest BCUT2D eigenvalue weighted by atomic mass is 10.0. The van der Waals surface area contributed by atoms with Gasteiger partial charge in [-0.25, -0.2) is 14.2 Å². The molecule has 0 spiro atoms. The lowest BCUT2D eigenvalue weighted by molar-refractivity contribution is -0.192. The third-order valence-corrected chi connectivity index (χ3v) is 5.75. The van der Waals surface area contributed by atoms with Crippen LogP contribution in [0.15, 0.2) is 36.4 Å². The van der Waals surface area contributed by atoms with Crippen LogP contribution >= 0.6 is 0 Å². The lowest BCUT2D eigenvalue weighted by Crippen LogP contribution is -2.40. The van der Waals surface area contributed by atoms with E-state index in [1.165, 1.54) is 23.8 Å². The van der Waals surface area contributed by atoms with Gasteiger partial charge >= 0.3 is 18.1 Å². The zero-order chi connectivity index (χ0) is 29.0. The summed E-state index contributed by atoms with van der Waals surface area (Å²) in [5.41, 5.74) is 2.66. The van der Waals surface area contributed by atoms with Crippen molar-refractivity contribution < 1.29 is 42.2 Å². The SMILES string of the molecule is CCCN(CCc1ccc2c(n1)NCCC2)CC(=O)NC(CC(=O)O)c1cccc(F)c1.O=C(O)C(F)(F)F. The summed E-state index contributed by atoms with van der Waals surface area (Å²) in [5, 5.41) is 22.5. The molecule has 9 nitrogen and oxygen atoms in total. The van der Waals surface area contributed by atoms with E-state index in [2.05, 4.69) is 16.7 Å². The van der Waals surface area contributed by atoms with Gasteiger partial charge in [-0.1, -0.05) is 25.1 Å². The predicted molar refractivity (Wildman–Crippen MR) is 135 cm³/mol.